The molecule has 0 bridgehead atoms. The molecular formula is C22H26N4O. The largest absolute Gasteiger partial charge is 0.363 e. The molecule has 1 aromatic carbocycles. The molecule has 0 saturated carbocycles. The lowest BCUT2D eigenvalue weighted by molar-refractivity contribution is 0.274. The van der Waals surface area contributed by atoms with Crippen LogP contribution in [0.4, 0.5) is 0 Å². The monoisotopic (exact) mass is 362 g/mol. The van der Waals surface area contributed by atoms with E-state index in [4.69, 9.17) is 5.10 Å². The van der Waals surface area contributed by atoms with Crippen molar-refractivity contribution >= 4 is 0 Å². The number of hydrogen-bond donors (Lipinski definition) is 1. The summed E-state index contributed by atoms with van der Waals surface area (Å²) in [7, 11) is 2.04. The van der Waals surface area contributed by atoms with Crippen molar-refractivity contribution in [3.8, 4) is 11.3 Å². The van der Waals surface area contributed by atoms with Crippen molar-refractivity contribution in [3.63, 3.8) is 0 Å². The van der Waals surface area contributed by atoms with E-state index in [0.29, 0.717) is 0 Å². The molecule has 0 amide bonds. The SMILES string of the molecule is Cc1c[nH]c(CN2CCc3c(-c4ccccc4)nn(C)c3CC2)c(C)c1=O. The summed E-state index contributed by atoms with van der Waals surface area (Å²) in [6.07, 6.45) is 3.78. The summed E-state index contributed by atoms with van der Waals surface area (Å²) < 4.78 is 2.04. The van der Waals surface area contributed by atoms with Gasteiger partial charge in [-0.25, -0.2) is 0 Å². The number of fused-ring (bicyclic) bond motifs is 1. The minimum Gasteiger partial charge on any atom is -0.363 e. The van der Waals surface area contributed by atoms with E-state index in [-0.39, 0.29) is 5.43 Å². The predicted molar refractivity (Wildman–Crippen MR) is 108 cm³/mol. The Hall–Kier alpha value is -2.66. The summed E-state index contributed by atoms with van der Waals surface area (Å²) in [5, 5.41) is 4.80. The van der Waals surface area contributed by atoms with Crippen molar-refractivity contribution in [2.24, 2.45) is 7.05 Å². The Morgan fingerprint density at radius 2 is 1.85 bits per heavy atom. The van der Waals surface area contributed by atoms with Crippen LogP contribution in [0.3, 0.4) is 0 Å². The number of pyridine rings is 1. The maximum Gasteiger partial charge on any atom is 0.187 e. The maximum absolute atomic E-state index is 12.2. The first-order valence-corrected chi connectivity index (χ1v) is 9.55. The van der Waals surface area contributed by atoms with Crippen LogP contribution in [0.1, 0.15) is 28.1 Å². The zero-order valence-electron chi connectivity index (χ0n) is 16.2. The molecule has 0 aliphatic carbocycles. The Morgan fingerprint density at radius 1 is 1.11 bits per heavy atom. The van der Waals surface area contributed by atoms with Gasteiger partial charge in [-0.3, -0.25) is 14.4 Å². The van der Waals surface area contributed by atoms with Gasteiger partial charge in [0.1, 0.15) is 0 Å². The average molecular weight is 362 g/mol. The molecule has 5 nitrogen and oxygen atoms in total. The Kier molecular flexibility index (Phi) is 4.70. The summed E-state index contributed by atoms with van der Waals surface area (Å²) in [5.41, 5.74) is 7.76. The zero-order valence-corrected chi connectivity index (χ0v) is 16.2. The van der Waals surface area contributed by atoms with Crippen LogP contribution in [0.15, 0.2) is 41.3 Å². The number of nitrogens with zero attached hydrogens (tertiary/aromatic N) is 3. The van der Waals surface area contributed by atoms with Crippen LogP contribution in [0.25, 0.3) is 11.3 Å². The first-order valence-electron chi connectivity index (χ1n) is 9.55. The quantitative estimate of drug-likeness (QED) is 0.779. The van der Waals surface area contributed by atoms with Crippen LogP contribution in [0.5, 0.6) is 0 Å². The fourth-order valence-corrected chi connectivity index (χ4v) is 4.00. The van der Waals surface area contributed by atoms with Crippen molar-refractivity contribution in [1.29, 1.82) is 0 Å². The minimum atomic E-state index is 0.150. The Morgan fingerprint density at radius 3 is 2.63 bits per heavy atom. The van der Waals surface area contributed by atoms with Crippen molar-refractivity contribution in [2.45, 2.75) is 33.2 Å². The van der Waals surface area contributed by atoms with Crippen molar-refractivity contribution in [2.75, 3.05) is 13.1 Å². The second kappa shape index (κ2) is 7.16. The Labute approximate surface area is 159 Å². The van der Waals surface area contributed by atoms with Crippen LogP contribution in [0, 0.1) is 13.8 Å². The number of rotatable bonds is 3. The van der Waals surface area contributed by atoms with E-state index in [1.807, 2.05) is 37.8 Å². The van der Waals surface area contributed by atoms with Gasteiger partial charge in [0.05, 0.1) is 5.69 Å². The van der Waals surface area contributed by atoms with Gasteiger partial charge in [0, 0.05) is 72.9 Å². The fraction of sp³-hybridized carbons (Fsp3) is 0.364. The van der Waals surface area contributed by atoms with E-state index in [1.165, 1.54) is 16.8 Å². The molecule has 140 valence electrons. The number of nitrogens with one attached hydrogen (secondary N) is 1. The zero-order chi connectivity index (χ0) is 19.0. The van der Waals surface area contributed by atoms with Crippen LogP contribution < -0.4 is 5.43 Å². The summed E-state index contributed by atoms with van der Waals surface area (Å²) in [4.78, 5) is 18.0. The van der Waals surface area contributed by atoms with Gasteiger partial charge in [0.15, 0.2) is 5.43 Å². The van der Waals surface area contributed by atoms with Gasteiger partial charge in [-0.15, -0.1) is 0 Å². The Bertz CT molecular complexity index is 1020. The molecule has 3 aromatic rings. The lowest BCUT2D eigenvalue weighted by Crippen LogP contribution is -2.28. The topological polar surface area (TPSA) is 53.9 Å². The van der Waals surface area contributed by atoms with E-state index in [2.05, 4.69) is 34.1 Å². The second-order valence-electron chi connectivity index (χ2n) is 7.44. The van der Waals surface area contributed by atoms with Gasteiger partial charge >= 0.3 is 0 Å². The molecular weight excluding hydrogens is 336 g/mol. The molecule has 1 aliphatic heterocycles. The van der Waals surface area contributed by atoms with Crippen molar-refractivity contribution in [1.82, 2.24) is 19.7 Å². The smallest absolute Gasteiger partial charge is 0.187 e. The number of aromatic amines is 1. The van der Waals surface area contributed by atoms with Crippen LogP contribution in [0.2, 0.25) is 0 Å². The van der Waals surface area contributed by atoms with E-state index in [0.717, 1.165) is 55.0 Å². The van der Waals surface area contributed by atoms with E-state index < -0.39 is 0 Å². The molecule has 0 saturated heterocycles. The summed E-state index contributed by atoms with van der Waals surface area (Å²) >= 11 is 0. The first-order chi connectivity index (χ1) is 13.0. The summed E-state index contributed by atoms with van der Waals surface area (Å²) in [6.45, 7) is 6.49. The molecule has 1 aliphatic rings. The molecule has 27 heavy (non-hydrogen) atoms. The third-order valence-corrected chi connectivity index (χ3v) is 5.66. The van der Waals surface area contributed by atoms with Crippen molar-refractivity contribution < 1.29 is 0 Å². The predicted octanol–water partition coefficient (Wildman–Crippen LogP) is 2.99. The number of hydrogen-bond acceptors (Lipinski definition) is 3. The standard InChI is InChI=1S/C22H26N4O/c1-15-13-23-19(16(2)22(15)27)14-26-11-9-18-20(10-12-26)25(3)24-21(18)17-7-5-4-6-8-17/h4-8,13H,9-12,14H2,1-3H3,(H,23,27). The number of H-pyrrole nitrogens is 1. The normalized spacial score (nSPS) is 14.8. The highest BCUT2D eigenvalue weighted by molar-refractivity contribution is 5.64. The highest BCUT2D eigenvalue weighted by atomic mass is 16.1. The first kappa shape index (κ1) is 17.7. The molecule has 0 atom stereocenters. The van der Waals surface area contributed by atoms with E-state index in [9.17, 15) is 4.79 Å². The summed E-state index contributed by atoms with van der Waals surface area (Å²) in [6, 6.07) is 10.4. The highest BCUT2D eigenvalue weighted by Gasteiger charge is 2.22. The lowest BCUT2D eigenvalue weighted by atomic mass is 10.0. The van der Waals surface area contributed by atoms with Crippen LogP contribution in [-0.4, -0.2) is 32.8 Å². The van der Waals surface area contributed by atoms with Gasteiger partial charge in [0.2, 0.25) is 0 Å². The molecule has 0 spiro atoms. The maximum atomic E-state index is 12.2. The lowest BCUT2D eigenvalue weighted by Gasteiger charge is -2.21. The van der Waals surface area contributed by atoms with Gasteiger partial charge in [-0.2, -0.15) is 5.10 Å². The number of benzene rings is 1. The molecule has 2 aromatic heterocycles. The number of aromatic nitrogens is 3. The third-order valence-electron chi connectivity index (χ3n) is 5.66. The van der Waals surface area contributed by atoms with E-state index >= 15 is 0 Å². The van der Waals surface area contributed by atoms with Gasteiger partial charge < -0.3 is 4.98 Å². The van der Waals surface area contributed by atoms with Gasteiger partial charge in [0.25, 0.3) is 0 Å². The highest BCUT2D eigenvalue weighted by Crippen LogP contribution is 2.28. The van der Waals surface area contributed by atoms with Crippen molar-refractivity contribution in [3.05, 3.63) is 74.8 Å². The molecule has 4 rings (SSSR count). The van der Waals surface area contributed by atoms with Crippen LogP contribution >= 0.6 is 0 Å². The Balaban J connectivity index is 1.58. The number of aryl methyl sites for hydroxylation is 2. The van der Waals surface area contributed by atoms with Crippen LogP contribution in [-0.2, 0) is 26.4 Å². The molecule has 3 heterocycles. The minimum absolute atomic E-state index is 0.150. The average Bonchev–Trinajstić information content (AvgIpc) is 2.86. The fourth-order valence-electron chi connectivity index (χ4n) is 4.00. The second-order valence-corrected chi connectivity index (χ2v) is 7.44. The molecule has 0 fully saturated rings. The molecule has 5 heteroatoms. The van der Waals surface area contributed by atoms with E-state index in [1.54, 1.807) is 0 Å². The summed E-state index contributed by atoms with van der Waals surface area (Å²) in [5.74, 6) is 0. The molecule has 0 unspecified atom stereocenters. The van der Waals surface area contributed by atoms with Gasteiger partial charge in [-0.1, -0.05) is 30.3 Å². The molecule has 1 N–H and O–H groups in total. The third kappa shape index (κ3) is 3.35. The van der Waals surface area contributed by atoms with Gasteiger partial charge in [-0.05, 0) is 20.3 Å². The molecule has 0 radical (unpaired) electrons.